The Morgan fingerprint density at radius 1 is 1.47 bits per heavy atom. The summed E-state index contributed by atoms with van der Waals surface area (Å²) in [5, 5.41) is 12.6. The lowest BCUT2D eigenvalue weighted by atomic mass is 10.1. The van der Waals surface area contributed by atoms with Gasteiger partial charge in [0, 0.05) is 24.8 Å². The van der Waals surface area contributed by atoms with E-state index in [1.54, 1.807) is 12.1 Å². The van der Waals surface area contributed by atoms with Crippen molar-refractivity contribution in [3.05, 3.63) is 34.3 Å². The summed E-state index contributed by atoms with van der Waals surface area (Å²) in [5.41, 5.74) is 1.61. The fraction of sp³-hybridized carbons (Fsp3) is 0.462. The van der Waals surface area contributed by atoms with Crippen molar-refractivity contribution >= 4 is 11.6 Å². The van der Waals surface area contributed by atoms with Crippen molar-refractivity contribution < 1.29 is 4.74 Å². The van der Waals surface area contributed by atoms with E-state index in [2.05, 4.69) is 11.4 Å². The van der Waals surface area contributed by atoms with Crippen LogP contribution in [0.25, 0.3) is 0 Å². The molecule has 4 heteroatoms. The molecule has 92 valence electrons. The lowest BCUT2D eigenvalue weighted by molar-refractivity contribution is 0.144. The molecule has 0 saturated heterocycles. The van der Waals surface area contributed by atoms with Crippen molar-refractivity contribution in [2.75, 3.05) is 19.8 Å². The number of nitriles is 1. The number of hydrogen-bond donors (Lipinski definition) is 1. The fourth-order valence-electron chi connectivity index (χ4n) is 1.43. The van der Waals surface area contributed by atoms with Gasteiger partial charge in [-0.25, -0.2) is 0 Å². The van der Waals surface area contributed by atoms with Crippen molar-refractivity contribution in [3.8, 4) is 6.07 Å². The van der Waals surface area contributed by atoms with Gasteiger partial charge in [0.2, 0.25) is 0 Å². The van der Waals surface area contributed by atoms with E-state index in [1.165, 1.54) is 0 Å². The first-order chi connectivity index (χ1) is 8.27. The Balaban J connectivity index is 2.30. The second-order valence-electron chi connectivity index (χ2n) is 3.65. The second kappa shape index (κ2) is 8.08. The fourth-order valence-corrected chi connectivity index (χ4v) is 1.67. The number of nitrogens with zero attached hydrogens (tertiary/aromatic N) is 1. The molecule has 1 N–H and O–H groups in total. The van der Waals surface area contributed by atoms with Crippen molar-refractivity contribution in [3.63, 3.8) is 0 Å². The number of ether oxygens (including phenoxy) is 1. The van der Waals surface area contributed by atoms with Crippen molar-refractivity contribution in [2.24, 2.45) is 0 Å². The molecule has 0 amide bonds. The van der Waals surface area contributed by atoms with Gasteiger partial charge in [-0.15, -0.1) is 0 Å². The van der Waals surface area contributed by atoms with Gasteiger partial charge in [0.15, 0.2) is 0 Å². The summed E-state index contributed by atoms with van der Waals surface area (Å²) >= 11 is 6.05. The lowest BCUT2D eigenvalue weighted by Crippen LogP contribution is -2.16. The molecule has 1 aromatic carbocycles. The maximum atomic E-state index is 8.71. The van der Waals surface area contributed by atoms with Crippen LogP contribution >= 0.6 is 11.6 Å². The Labute approximate surface area is 107 Å². The van der Waals surface area contributed by atoms with Gasteiger partial charge in [-0.1, -0.05) is 17.7 Å². The summed E-state index contributed by atoms with van der Waals surface area (Å²) in [6, 6.07) is 7.42. The lowest BCUT2D eigenvalue weighted by Gasteiger charge is -2.07. The van der Waals surface area contributed by atoms with Crippen LogP contribution in [0, 0.1) is 11.3 Å². The third kappa shape index (κ3) is 5.18. The highest BCUT2D eigenvalue weighted by Crippen LogP contribution is 2.17. The molecule has 0 atom stereocenters. The van der Waals surface area contributed by atoms with E-state index in [0.29, 0.717) is 10.6 Å². The smallest absolute Gasteiger partial charge is 0.0992 e. The van der Waals surface area contributed by atoms with Crippen LogP contribution in [-0.4, -0.2) is 19.8 Å². The zero-order chi connectivity index (χ0) is 12.5. The minimum atomic E-state index is 0.593. The summed E-state index contributed by atoms with van der Waals surface area (Å²) in [6.07, 6.45) is 0.988. The molecular formula is C13H17ClN2O. The standard InChI is InChI=1S/C13H17ClN2O/c1-2-17-7-3-6-16-10-12-5-4-11(9-15)8-13(12)14/h4-5,8,16H,2-3,6-7,10H2,1H3. The molecule has 1 rings (SSSR count). The average molecular weight is 253 g/mol. The van der Waals surface area contributed by atoms with Crippen LogP contribution in [0.3, 0.4) is 0 Å². The van der Waals surface area contributed by atoms with E-state index in [-0.39, 0.29) is 0 Å². The summed E-state index contributed by atoms with van der Waals surface area (Å²) in [7, 11) is 0. The number of halogens is 1. The number of nitrogens with one attached hydrogen (secondary N) is 1. The van der Waals surface area contributed by atoms with Crippen molar-refractivity contribution in [1.29, 1.82) is 5.26 Å². The third-order valence-corrected chi connectivity index (χ3v) is 2.70. The van der Waals surface area contributed by atoms with Crippen LogP contribution in [0.15, 0.2) is 18.2 Å². The van der Waals surface area contributed by atoms with Gasteiger partial charge in [0.25, 0.3) is 0 Å². The van der Waals surface area contributed by atoms with E-state index in [0.717, 1.165) is 38.3 Å². The van der Waals surface area contributed by atoms with Gasteiger partial charge in [0.05, 0.1) is 11.6 Å². The first kappa shape index (κ1) is 14.0. The highest BCUT2D eigenvalue weighted by Gasteiger charge is 2.01. The largest absolute Gasteiger partial charge is 0.382 e. The molecule has 17 heavy (non-hydrogen) atoms. The molecule has 0 aliphatic rings. The molecular weight excluding hydrogens is 236 g/mol. The summed E-state index contributed by atoms with van der Waals surface area (Å²) < 4.78 is 5.24. The highest BCUT2D eigenvalue weighted by atomic mass is 35.5. The molecule has 0 heterocycles. The average Bonchev–Trinajstić information content (AvgIpc) is 2.35. The molecule has 0 aliphatic carbocycles. The summed E-state index contributed by atoms with van der Waals surface area (Å²) in [6.45, 7) is 5.16. The molecule has 0 radical (unpaired) electrons. The zero-order valence-corrected chi connectivity index (χ0v) is 10.8. The van der Waals surface area contributed by atoms with Crippen molar-refractivity contribution in [2.45, 2.75) is 19.9 Å². The van der Waals surface area contributed by atoms with E-state index in [9.17, 15) is 0 Å². The summed E-state index contributed by atoms with van der Waals surface area (Å²) in [4.78, 5) is 0. The van der Waals surface area contributed by atoms with Crippen LogP contribution < -0.4 is 5.32 Å². The molecule has 0 spiro atoms. The quantitative estimate of drug-likeness (QED) is 0.759. The first-order valence-corrected chi connectivity index (χ1v) is 6.12. The Hall–Kier alpha value is -1.08. The summed E-state index contributed by atoms with van der Waals surface area (Å²) in [5.74, 6) is 0. The molecule has 0 bridgehead atoms. The van der Waals surface area contributed by atoms with E-state index in [1.807, 2.05) is 13.0 Å². The first-order valence-electron chi connectivity index (χ1n) is 5.75. The van der Waals surface area contributed by atoms with E-state index < -0.39 is 0 Å². The maximum Gasteiger partial charge on any atom is 0.0992 e. The number of rotatable bonds is 7. The van der Waals surface area contributed by atoms with Crippen LogP contribution in [0.1, 0.15) is 24.5 Å². The Morgan fingerprint density at radius 3 is 2.94 bits per heavy atom. The SMILES string of the molecule is CCOCCCNCc1ccc(C#N)cc1Cl. The van der Waals surface area contributed by atoms with Gasteiger partial charge in [-0.2, -0.15) is 5.26 Å². The van der Waals surface area contributed by atoms with Gasteiger partial charge in [-0.05, 0) is 37.6 Å². The van der Waals surface area contributed by atoms with Gasteiger partial charge in [-0.3, -0.25) is 0 Å². The van der Waals surface area contributed by atoms with Crippen LogP contribution in [0.4, 0.5) is 0 Å². The van der Waals surface area contributed by atoms with Crippen LogP contribution in [0.2, 0.25) is 5.02 Å². The Morgan fingerprint density at radius 2 is 2.29 bits per heavy atom. The number of benzene rings is 1. The topological polar surface area (TPSA) is 45.0 Å². The molecule has 0 aromatic heterocycles. The normalized spacial score (nSPS) is 10.2. The molecule has 1 aromatic rings. The predicted molar refractivity (Wildman–Crippen MR) is 69.0 cm³/mol. The Bertz CT molecular complexity index is 387. The minimum Gasteiger partial charge on any atom is -0.382 e. The van der Waals surface area contributed by atoms with Gasteiger partial charge in [0.1, 0.15) is 0 Å². The van der Waals surface area contributed by atoms with Crippen LogP contribution in [-0.2, 0) is 11.3 Å². The van der Waals surface area contributed by atoms with Crippen molar-refractivity contribution in [1.82, 2.24) is 5.32 Å². The molecule has 0 aliphatic heterocycles. The second-order valence-corrected chi connectivity index (χ2v) is 4.05. The van der Waals surface area contributed by atoms with Gasteiger partial charge >= 0.3 is 0 Å². The predicted octanol–water partition coefficient (Wildman–Crippen LogP) is 2.73. The minimum absolute atomic E-state index is 0.593. The Kier molecular flexibility index (Phi) is 6.64. The third-order valence-electron chi connectivity index (χ3n) is 2.34. The monoisotopic (exact) mass is 252 g/mol. The molecule has 0 saturated carbocycles. The zero-order valence-electron chi connectivity index (χ0n) is 10.0. The van der Waals surface area contributed by atoms with E-state index >= 15 is 0 Å². The highest BCUT2D eigenvalue weighted by molar-refractivity contribution is 6.31. The van der Waals surface area contributed by atoms with E-state index in [4.69, 9.17) is 21.6 Å². The van der Waals surface area contributed by atoms with Gasteiger partial charge < -0.3 is 10.1 Å². The van der Waals surface area contributed by atoms with Crippen LogP contribution in [0.5, 0.6) is 0 Å². The molecule has 3 nitrogen and oxygen atoms in total. The molecule has 0 unspecified atom stereocenters. The molecule has 0 fully saturated rings. The number of hydrogen-bond acceptors (Lipinski definition) is 3. The maximum absolute atomic E-state index is 8.71.